The highest BCUT2D eigenvalue weighted by Gasteiger charge is 2.34. The molecule has 0 unspecified atom stereocenters. The van der Waals surface area contributed by atoms with Gasteiger partial charge in [0.2, 0.25) is 0 Å². The molecule has 1 aromatic carbocycles. The molecule has 1 aromatic rings. The van der Waals surface area contributed by atoms with E-state index in [1.165, 1.54) is 0 Å². The topological polar surface area (TPSA) is 52.6 Å². The van der Waals surface area contributed by atoms with E-state index < -0.39 is 15.7 Å². The van der Waals surface area contributed by atoms with Crippen molar-refractivity contribution in [2.24, 2.45) is 0 Å². The van der Waals surface area contributed by atoms with Crippen LogP contribution in [0.2, 0.25) is 0 Å². The number of hydrogen-bond acceptors (Lipinski definition) is 4. The Hall–Kier alpha value is -0.910. The zero-order valence-electron chi connectivity index (χ0n) is 15.9. The summed E-state index contributed by atoms with van der Waals surface area (Å²) >= 11 is 0. The molecule has 0 amide bonds. The molecule has 0 fully saturated rings. The molecule has 0 aliphatic rings. The Morgan fingerprint density at radius 2 is 1.50 bits per heavy atom. The highest BCUT2D eigenvalue weighted by atomic mass is 32.2. The van der Waals surface area contributed by atoms with Crippen molar-refractivity contribution in [1.82, 2.24) is 0 Å². The van der Waals surface area contributed by atoms with Gasteiger partial charge in [-0.05, 0) is 52.2 Å². The molecule has 138 valence electrons. The molecule has 0 spiro atoms. The average Bonchev–Trinajstić information content (AvgIpc) is 2.54. The van der Waals surface area contributed by atoms with E-state index >= 15 is 0 Å². The summed E-state index contributed by atoms with van der Waals surface area (Å²) < 4.78 is 36.8. The smallest absolute Gasteiger partial charge is 0.297 e. The summed E-state index contributed by atoms with van der Waals surface area (Å²) in [7, 11) is -3.79. The zero-order chi connectivity index (χ0) is 18.4. The summed E-state index contributed by atoms with van der Waals surface area (Å²) in [6.45, 7) is 12.5. The van der Waals surface area contributed by atoms with Gasteiger partial charge in [-0.2, -0.15) is 8.42 Å². The maximum absolute atomic E-state index is 12.6. The molecule has 0 aliphatic heterocycles. The van der Waals surface area contributed by atoms with Crippen LogP contribution < -0.4 is 0 Å². The Labute approximate surface area is 147 Å². The largest absolute Gasteiger partial charge is 0.375 e. The SMILES string of the molecule is CCC(C)(C)OCCC(CC)(CC)OS(=O)(=O)c1ccc(C)cc1. The Morgan fingerprint density at radius 3 is 1.96 bits per heavy atom. The van der Waals surface area contributed by atoms with Gasteiger partial charge in [0.25, 0.3) is 10.1 Å². The fourth-order valence-electron chi connectivity index (χ4n) is 2.36. The minimum Gasteiger partial charge on any atom is -0.375 e. The number of benzene rings is 1. The Bertz CT molecular complexity index is 599. The average molecular weight is 357 g/mol. The van der Waals surface area contributed by atoms with Gasteiger partial charge in [0, 0.05) is 6.42 Å². The lowest BCUT2D eigenvalue weighted by molar-refractivity contribution is -0.0501. The summed E-state index contributed by atoms with van der Waals surface area (Å²) in [5.74, 6) is 0. The van der Waals surface area contributed by atoms with Crippen molar-refractivity contribution in [2.75, 3.05) is 6.61 Å². The molecule has 0 saturated heterocycles. The van der Waals surface area contributed by atoms with Gasteiger partial charge in [0.05, 0.1) is 22.7 Å². The van der Waals surface area contributed by atoms with Gasteiger partial charge < -0.3 is 4.74 Å². The Balaban J connectivity index is 2.88. The predicted molar refractivity (Wildman–Crippen MR) is 97.7 cm³/mol. The van der Waals surface area contributed by atoms with Gasteiger partial charge in [-0.25, -0.2) is 0 Å². The second-order valence-corrected chi connectivity index (χ2v) is 8.50. The first-order valence-corrected chi connectivity index (χ1v) is 10.2. The number of ether oxygens (including phenoxy) is 1. The lowest BCUT2D eigenvalue weighted by atomic mass is 9.94. The van der Waals surface area contributed by atoms with E-state index in [-0.39, 0.29) is 10.5 Å². The van der Waals surface area contributed by atoms with Gasteiger partial charge in [-0.1, -0.05) is 38.5 Å². The Morgan fingerprint density at radius 1 is 0.958 bits per heavy atom. The molecule has 0 N–H and O–H groups in total. The first kappa shape index (κ1) is 21.1. The fourth-order valence-corrected chi connectivity index (χ4v) is 3.71. The van der Waals surface area contributed by atoms with Gasteiger partial charge in [-0.15, -0.1) is 0 Å². The Kier molecular flexibility index (Phi) is 7.44. The van der Waals surface area contributed by atoms with Crippen LogP contribution in [0.5, 0.6) is 0 Å². The summed E-state index contributed by atoms with van der Waals surface area (Å²) in [6.07, 6.45) is 2.68. The van der Waals surface area contributed by atoms with Crippen LogP contribution >= 0.6 is 0 Å². The summed E-state index contributed by atoms with van der Waals surface area (Å²) in [6, 6.07) is 6.75. The van der Waals surface area contributed by atoms with Crippen molar-refractivity contribution in [3.05, 3.63) is 29.8 Å². The van der Waals surface area contributed by atoms with Crippen LogP contribution in [0.25, 0.3) is 0 Å². The van der Waals surface area contributed by atoms with Crippen molar-refractivity contribution in [2.45, 2.75) is 83.3 Å². The molecular formula is C19H32O4S. The lowest BCUT2D eigenvalue weighted by Crippen LogP contribution is -2.36. The van der Waals surface area contributed by atoms with Crippen LogP contribution in [0, 0.1) is 6.92 Å². The molecule has 4 nitrogen and oxygen atoms in total. The minimum absolute atomic E-state index is 0.203. The molecule has 1 rings (SSSR count). The summed E-state index contributed by atoms with van der Waals surface area (Å²) in [4.78, 5) is 0.203. The molecule has 0 aliphatic carbocycles. The predicted octanol–water partition coefficient (Wildman–Crippen LogP) is 4.85. The normalized spacial score (nSPS) is 13.2. The van der Waals surface area contributed by atoms with Crippen molar-refractivity contribution >= 4 is 10.1 Å². The molecule has 5 heteroatoms. The third kappa shape index (κ3) is 5.87. The number of hydrogen-bond donors (Lipinski definition) is 0. The van der Waals surface area contributed by atoms with Crippen LogP contribution in [0.1, 0.15) is 65.9 Å². The van der Waals surface area contributed by atoms with E-state index in [9.17, 15) is 8.42 Å². The first-order chi connectivity index (χ1) is 11.1. The quantitative estimate of drug-likeness (QED) is 0.562. The fraction of sp³-hybridized carbons (Fsp3) is 0.684. The molecule has 24 heavy (non-hydrogen) atoms. The second kappa shape index (κ2) is 8.45. The molecule has 0 radical (unpaired) electrons. The summed E-state index contributed by atoms with van der Waals surface area (Å²) in [5.41, 5.74) is 0.0812. The van der Waals surface area contributed by atoms with Crippen LogP contribution in [0.4, 0.5) is 0 Å². The van der Waals surface area contributed by atoms with E-state index in [2.05, 4.69) is 6.92 Å². The van der Waals surface area contributed by atoms with E-state index in [4.69, 9.17) is 8.92 Å². The highest BCUT2D eigenvalue weighted by molar-refractivity contribution is 7.86. The second-order valence-electron chi connectivity index (χ2n) is 6.95. The van der Waals surface area contributed by atoms with E-state index in [1.807, 2.05) is 34.6 Å². The maximum atomic E-state index is 12.6. The van der Waals surface area contributed by atoms with Crippen molar-refractivity contribution in [3.8, 4) is 0 Å². The third-order valence-corrected chi connectivity index (χ3v) is 6.21. The summed E-state index contributed by atoms with van der Waals surface area (Å²) in [5, 5.41) is 0. The van der Waals surface area contributed by atoms with Crippen LogP contribution in [-0.4, -0.2) is 26.2 Å². The van der Waals surface area contributed by atoms with E-state index in [1.54, 1.807) is 24.3 Å². The third-order valence-electron chi connectivity index (χ3n) is 4.79. The van der Waals surface area contributed by atoms with Crippen molar-refractivity contribution in [3.63, 3.8) is 0 Å². The number of aryl methyl sites for hydroxylation is 1. The molecule has 0 bridgehead atoms. The first-order valence-electron chi connectivity index (χ1n) is 8.76. The number of rotatable bonds is 10. The van der Waals surface area contributed by atoms with Crippen LogP contribution in [0.15, 0.2) is 29.2 Å². The zero-order valence-corrected chi connectivity index (χ0v) is 16.7. The van der Waals surface area contributed by atoms with Gasteiger partial charge >= 0.3 is 0 Å². The van der Waals surface area contributed by atoms with Crippen LogP contribution in [0.3, 0.4) is 0 Å². The monoisotopic (exact) mass is 356 g/mol. The van der Waals surface area contributed by atoms with Crippen molar-refractivity contribution in [1.29, 1.82) is 0 Å². The van der Waals surface area contributed by atoms with Gasteiger partial charge in [0.15, 0.2) is 0 Å². The van der Waals surface area contributed by atoms with E-state index in [0.717, 1.165) is 12.0 Å². The minimum atomic E-state index is -3.79. The standard InChI is InChI=1S/C19H32O4S/c1-7-18(5,6)22-15-14-19(8-2,9-3)23-24(20,21)17-12-10-16(4)11-13-17/h10-13H,7-9,14-15H2,1-6H3. The lowest BCUT2D eigenvalue weighted by Gasteiger charge is -2.33. The molecule has 0 aromatic heterocycles. The van der Waals surface area contributed by atoms with Gasteiger partial charge in [0.1, 0.15) is 0 Å². The van der Waals surface area contributed by atoms with Crippen molar-refractivity contribution < 1.29 is 17.3 Å². The highest BCUT2D eigenvalue weighted by Crippen LogP contribution is 2.31. The maximum Gasteiger partial charge on any atom is 0.297 e. The van der Waals surface area contributed by atoms with E-state index in [0.29, 0.717) is 25.9 Å². The van der Waals surface area contributed by atoms with Crippen LogP contribution in [-0.2, 0) is 19.0 Å². The molecule has 0 heterocycles. The molecular weight excluding hydrogens is 324 g/mol. The molecule has 0 atom stereocenters. The molecule has 0 saturated carbocycles. The van der Waals surface area contributed by atoms with Gasteiger partial charge in [-0.3, -0.25) is 4.18 Å².